The van der Waals surface area contributed by atoms with Crippen LogP contribution in [0.2, 0.25) is 0 Å². The third-order valence-electron chi connectivity index (χ3n) is 4.22. The fraction of sp³-hybridized carbons (Fsp3) is 0.556. The molecule has 0 saturated carbocycles. The van der Waals surface area contributed by atoms with Gasteiger partial charge < -0.3 is 19.9 Å². The van der Waals surface area contributed by atoms with Crippen LogP contribution in [0.15, 0.2) is 35.3 Å². The molecule has 1 heterocycles. The number of amides is 1. The third-order valence-corrected chi connectivity index (χ3v) is 4.22. The minimum absolute atomic E-state index is 0.0571. The number of rotatable bonds is 5. The van der Waals surface area contributed by atoms with Gasteiger partial charge in [0.05, 0.1) is 6.54 Å². The number of methoxy groups -OCH3 is 1. The highest BCUT2D eigenvalue weighted by molar-refractivity contribution is 5.80. The minimum atomic E-state index is -0.0571. The first-order valence-corrected chi connectivity index (χ1v) is 8.52. The van der Waals surface area contributed by atoms with Crippen molar-refractivity contribution < 1.29 is 9.53 Å². The lowest BCUT2D eigenvalue weighted by atomic mass is 10.1. The summed E-state index contributed by atoms with van der Waals surface area (Å²) in [5, 5.41) is 3.34. The van der Waals surface area contributed by atoms with Gasteiger partial charge in [0.15, 0.2) is 5.96 Å². The van der Waals surface area contributed by atoms with Gasteiger partial charge in [-0.05, 0) is 12.5 Å². The van der Waals surface area contributed by atoms with Gasteiger partial charge in [-0.15, -0.1) is 0 Å². The fourth-order valence-corrected chi connectivity index (χ4v) is 2.81. The van der Waals surface area contributed by atoms with E-state index in [2.05, 4.69) is 29.3 Å². The van der Waals surface area contributed by atoms with Gasteiger partial charge in [-0.25, -0.2) is 0 Å². The normalized spacial score (nSPS) is 16.9. The second kappa shape index (κ2) is 9.27. The fourth-order valence-electron chi connectivity index (χ4n) is 2.81. The number of nitrogens with zero attached hydrogens (tertiary/aromatic N) is 3. The Kier molecular flexibility index (Phi) is 7.06. The summed E-state index contributed by atoms with van der Waals surface area (Å²) in [5.41, 5.74) is 1.13. The van der Waals surface area contributed by atoms with E-state index in [0.717, 1.165) is 44.2 Å². The molecule has 1 fully saturated rings. The molecule has 0 radical (unpaired) electrons. The second-order valence-corrected chi connectivity index (χ2v) is 5.82. The Morgan fingerprint density at radius 2 is 1.83 bits per heavy atom. The second-order valence-electron chi connectivity index (χ2n) is 5.82. The number of nitrogens with one attached hydrogen (secondary N) is 1. The van der Waals surface area contributed by atoms with Gasteiger partial charge in [0, 0.05) is 46.8 Å². The molecule has 0 aliphatic carbocycles. The Morgan fingerprint density at radius 3 is 2.38 bits per heavy atom. The van der Waals surface area contributed by atoms with E-state index < -0.39 is 0 Å². The molecule has 1 amide bonds. The van der Waals surface area contributed by atoms with Gasteiger partial charge in [0.25, 0.3) is 0 Å². The van der Waals surface area contributed by atoms with Crippen molar-refractivity contribution in [2.24, 2.45) is 4.99 Å². The summed E-state index contributed by atoms with van der Waals surface area (Å²) in [6, 6.07) is 10.1. The van der Waals surface area contributed by atoms with E-state index >= 15 is 0 Å². The molecule has 2 rings (SSSR count). The van der Waals surface area contributed by atoms with Gasteiger partial charge in [0.1, 0.15) is 6.10 Å². The van der Waals surface area contributed by atoms with E-state index in [1.165, 1.54) is 0 Å². The van der Waals surface area contributed by atoms with Crippen molar-refractivity contribution in [1.82, 2.24) is 15.1 Å². The summed E-state index contributed by atoms with van der Waals surface area (Å²) in [6.07, 6.45) is -0.0571. The summed E-state index contributed by atoms with van der Waals surface area (Å²) >= 11 is 0. The Labute approximate surface area is 144 Å². The standard InChI is InChI=1S/C18H28N4O2/c1-4-19-18(22-12-10-21(11-13-22)15(2)23)20-14-17(24-3)16-8-6-5-7-9-16/h5-9,17H,4,10-14H2,1-3H3,(H,19,20). The highest BCUT2D eigenvalue weighted by atomic mass is 16.5. The Bertz CT molecular complexity index is 539. The predicted molar refractivity (Wildman–Crippen MR) is 96.0 cm³/mol. The molecule has 1 atom stereocenters. The smallest absolute Gasteiger partial charge is 0.219 e. The number of carbonyl (C=O) groups is 1. The molecule has 132 valence electrons. The van der Waals surface area contributed by atoms with Crippen LogP contribution in [0, 0.1) is 0 Å². The SMILES string of the molecule is CCNC(=NCC(OC)c1ccccc1)N1CCN(C(C)=O)CC1. The molecule has 24 heavy (non-hydrogen) atoms. The van der Waals surface area contributed by atoms with Crippen molar-refractivity contribution in [1.29, 1.82) is 0 Å². The van der Waals surface area contributed by atoms with Crippen molar-refractivity contribution in [3.8, 4) is 0 Å². The Balaban J connectivity index is 2.01. The topological polar surface area (TPSA) is 57.2 Å². The molecule has 1 N–H and O–H groups in total. The number of hydrogen-bond acceptors (Lipinski definition) is 3. The van der Waals surface area contributed by atoms with Crippen LogP contribution in [0.5, 0.6) is 0 Å². The van der Waals surface area contributed by atoms with Crippen LogP contribution in [-0.4, -0.2) is 68.0 Å². The molecule has 1 aliphatic heterocycles. The van der Waals surface area contributed by atoms with E-state index in [-0.39, 0.29) is 12.0 Å². The van der Waals surface area contributed by atoms with Gasteiger partial charge in [0.2, 0.25) is 5.91 Å². The molecule has 6 nitrogen and oxygen atoms in total. The molecule has 0 spiro atoms. The first-order valence-electron chi connectivity index (χ1n) is 8.52. The summed E-state index contributed by atoms with van der Waals surface area (Å²) in [6.45, 7) is 8.15. The zero-order chi connectivity index (χ0) is 17.4. The van der Waals surface area contributed by atoms with Crippen LogP contribution in [0.25, 0.3) is 0 Å². The highest BCUT2D eigenvalue weighted by Gasteiger charge is 2.21. The molecule has 0 aromatic heterocycles. The van der Waals surface area contributed by atoms with Crippen LogP contribution in [0.1, 0.15) is 25.5 Å². The molecule has 1 aromatic rings. The molecule has 1 saturated heterocycles. The predicted octanol–water partition coefficient (Wildman–Crippen LogP) is 1.50. The van der Waals surface area contributed by atoms with Crippen LogP contribution in [0.4, 0.5) is 0 Å². The monoisotopic (exact) mass is 332 g/mol. The number of benzene rings is 1. The lowest BCUT2D eigenvalue weighted by Crippen LogP contribution is -2.53. The highest BCUT2D eigenvalue weighted by Crippen LogP contribution is 2.16. The van der Waals surface area contributed by atoms with Crippen molar-refractivity contribution in [3.63, 3.8) is 0 Å². The number of ether oxygens (including phenoxy) is 1. The number of piperazine rings is 1. The molecular weight excluding hydrogens is 304 g/mol. The largest absolute Gasteiger partial charge is 0.375 e. The average molecular weight is 332 g/mol. The number of carbonyl (C=O) groups excluding carboxylic acids is 1. The van der Waals surface area contributed by atoms with Crippen molar-refractivity contribution >= 4 is 11.9 Å². The van der Waals surface area contributed by atoms with Gasteiger partial charge in [-0.2, -0.15) is 0 Å². The lowest BCUT2D eigenvalue weighted by Gasteiger charge is -2.36. The van der Waals surface area contributed by atoms with E-state index in [1.807, 2.05) is 23.1 Å². The number of hydrogen-bond donors (Lipinski definition) is 1. The number of aliphatic imine (C=N–C) groups is 1. The maximum absolute atomic E-state index is 11.5. The summed E-state index contributed by atoms with van der Waals surface area (Å²) in [5.74, 6) is 1.03. The van der Waals surface area contributed by atoms with Crippen molar-refractivity contribution in [2.75, 3.05) is 46.4 Å². The van der Waals surface area contributed by atoms with Crippen LogP contribution >= 0.6 is 0 Å². The van der Waals surface area contributed by atoms with Gasteiger partial charge >= 0.3 is 0 Å². The molecule has 1 aromatic carbocycles. The van der Waals surface area contributed by atoms with E-state index in [9.17, 15) is 4.79 Å². The quantitative estimate of drug-likeness (QED) is 0.656. The van der Waals surface area contributed by atoms with E-state index in [1.54, 1.807) is 14.0 Å². The van der Waals surface area contributed by atoms with Crippen LogP contribution in [-0.2, 0) is 9.53 Å². The van der Waals surface area contributed by atoms with Gasteiger partial charge in [-0.3, -0.25) is 9.79 Å². The van der Waals surface area contributed by atoms with Crippen LogP contribution < -0.4 is 5.32 Å². The first-order chi connectivity index (χ1) is 11.7. The molecule has 6 heteroatoms. The van der Waals surface area contributed by atoms with Crippen molar-refractivity contribution in [3.05, 3.63) is 35.9 Å². The maximum Gasteiger partial charge on any atom is 0.219 e. The van der Waals surface area contributed by atoms with Crippen LogP contribution in [0.3, 0.4) is 0 Å². The molecular formula is C18H28N4O2. The Morgan fingerprint density at radius 1 is 1.21 bits per heavy atom. The molecule has 1 unspecified atom stereocenters. The number of guanidine groups is 1. The zero-order valence-corrected chi connectivity index (χ0v) is 14.9. The Hall–Kier alpha value is -2.08. The average Bonchev–Trinajstić information content (AvgIpc) is 2.62. The van der Waals surface area contributed by atoms with E-state index in [0.29, 0.717) is 6.54 Å². The molecule has 1 aliphatic rings. The minimum Gasteiger partial charge on any atom is -0.375 e. The maximum atomic E-state index is 11.5. The zero-order valence-electron chi connectivity index (χ0n) is 14.9. The first kappa shape index (κ1) is 18.3. The summed E-state index contributed by atoms with van der Waals surface area (Å²) < 4.78 is 5.59. The molecule has 0 bridgehead atoms. The van der Waals surface area contributed by atoms with Crippen molar-refractivity contribution in [2.45, 2.75) is 20.0 Å². The van der Waals surface area contributed by atoms with Gasteiger partial charge in [-0.1, -0.05) is 30.3 Å². The van der Waals surface area contributed by atoms with E-state index in [4.69, 9.17) is 9.73 Å². The summed E-state index contributed by atoms with van der Waals surface area (Å²) in [7, 11) is 1.71. The third kappa shape index (κ3) is 4.96. The summed E-state index contributed by atoms with van der Waals surface area (Å²) in [4.78, 5) is 20.3. The lowest BCUT2D eigenvalue weighted by molar-refractivity contribution is -0.130.